The molecule has 1 N–H and O–H groups in total. The topological polar surface area (TPSA) is 77.9 Å². The Morgan fingerprint density at radius 2 is 1.96 bits per heavy atom. The maximum absolute atomic E-state index is 12.2. The van der Waals surface area contributed by atoms with E-state index in [1.807, 2.05) is 31.2 Å². The van der Waals surface area contributed by atoms with E-state index in [1.165, 1.54) is 4.90 Å². The Bertz CT molecular complexity index is 600. The van der Waals surface area contributed by atoms with E-state index in [0.717, 1.165) is 17.7 Å². The van der Waals surface area contributed by atoms with Gasteiger partial charge in [0.1, 0.15) is 0 Å². The summed E-state index contributed by atoms with van der Waals surface area (Å²) in [5.74, 6) is -1.01. The Hall–Kier alpha value is -2.37. The van der Waals surface area contributed by atoms with Crippen molar-refractivity contribution in [1.29, 1.82) is 0 Å². The third-order valence-corrected chi connectivity index (χ3v) is 4.07. The Labute approximate surface area is 135 Å². The lowest BCUT2D eigenvalue weighted by atomic mass is 10.0. The molecule has 0 unspecified atom stereocenters. The van der Waals surface area contributed by atoms with Crippen LogP contribution in [0.3, 0.4) is 0 Å². The number of hydrogen-bond acceptors (Lipinski definition) is 3. The molecular formula is C17H22N2O4. The number of carbonyl (C=O) groups excluding carboxylic acids is 2. The largest absolute Gasteiger partial charge is 0.481 e. The molecule has 0 aliphatic carbocycles. The maximum atomic E-state index is 12.2. The highest BCUT2D eigenvalue weighted by atomic mass is 16.4. The number of anilines is 1. The minimum Gasteiger partial charge on any atom is -0.481 e. The maximum Gasteiger partial charge on any atom is 0.305 e. The third kappa shape index (κ3) is 4.31. The van der Waals surface area contributed by atoms with E-state index < -0.39 is 5.97 Å². The number of fused-ring (bicyclic) bond motifs is 1. The van der Waals surface area contributed by atoms with Gasteiger partial charge in [-0.1, -0.05) is 18.2 Å². The van der Waals surface area contributed by atoms with Gasteiger partial charge in [0, 0.05) is 38.2 Å². The van der Waals surface area contributed by atoms with Crippen molar-refractivity contribution in [3.8, 4) is 0 Å². The molecule has 0 saturated heterocycles. The summed E-state index contributed by atoms with van der Waals surface area (Å²) >= 11 is 0. The highest BCUT2D eigenvalue weighted by Gasteiger charge is 2.24. The summed E-state index contributed by atoms with van der Waals surface area (Å²) in [7, 11) is 0. The Balaban J connectivity index is 1.98. The summed E-state index contributed by atoms with van der Waals surface area (Å²) in [6.45, 7) is 2.82. The van der Waals surface area contributed by atoms with Crippen molar-refractivity contribution < 1.29 is 19.5 Å². The summed E-state index contributed by atoms with van der Waals surface area (Å²) in [5, 5.41) is 8.73. The van der Waals surface area contributed by atoms with E-state index in [0.29, 0.717) is 19.5 Å². The van der Waals surface area contributed by atoms with Crippen LogP contribution in [0.4, 0.5) is 5.69 Å². The van der Waals surface area contributed by atoms with E-state index in [2.05, 4.69) is 0 Å². The Morgan fingerprint density at radius 1 is 1.22 bits per heavy atom. The van der Waals surface area contributed by atoms with Crippen LogP contribution in [0.25, 0.3) is 0 Å². The minimum atomic E-state index is -0.920. The summed E-state index contributed by atoms with van der Waals surface area (Å²) in [5.41, 5.74) is 2.00. The zero-order chi connectivity index (χ0) is 16.8. The van der Waals surface area contributed by atoms with Crippen molar-refractivity contribution in [2.24, 2.45) is 0 Å². The lowest BCUT2D eigenvalue weighted by Crippen LogP contribution is -2.39. The van der Waals surface area contributed by atoms with Gasteiger partial charge in [-0.25, -0.2) is 0 Å². The van der Waals surface area contributed by atoms with Crippen molar-refractivity contribution >= 4 is 23.5 Å². The molecule has 23 heavy (non-hydrogen) atoms. The van der Waals surface area contributed by atoms with E-state index in [1.54, 1.807) is 4.90 Å². The van der Waals surface area contributed by atoms with Crippen LogP contribution in [0.2, 0.25) is 0 Å². The van der Waals surface area contributed by atoms with Crippen LogP contribution in [0.15, 0.2) is 24.3 Å². The predicted octanol–water partition coefficient (Wildman–Crippen LogP) is 1.68. The van der Waals surface area contributed by atoms with Crippen LogP contribution in [0.5, 0.6) is 0 Å². The smallest absolute Gasteiger partial charge is 0.305 e. The van der Waals surface area contributed by atoms with Crippen molar-refractivity contribution in [2.75, 3.05) is 24.5 Å². The summed E-state index contributed by atoms with van der Waals surface area (Å²) < 4.78 is 0. The van der Waals surface area contributed by atoms with E-state index in [4.69, 9.17) is 5.11 Å². The second kappa shape index (κ2) is 7.76. The molecule has 2 amide bonds. The number of rotatable bonds is 7. The van der Waals surface area contributed by atoms with Crippen LogP contribution in [-0.2, 0) is 20.8 Å². The first-order valence-electron chi connectivity index (χ1n) is 7.90. The lowest BCUT2D eigenvalue weighted by molar-refractivity contribution is -0.138. The number of nitrogens with zero attached hydrogens (tertiary/aromatic N) is 2. The van der Waals surface area contributed by atoms with Gasteiger partial charge in [0.2, 0.25) is 11.8 Å². The Morgan fingerprint density at radius 3 is 2.65 bits per heavy atom. The van der Waals surface area contributed by atoms with Crippen molar-refractivity contribution in [1.82, 2.24) is 4.90 Å². The van der Waals surface area contributed by atoms with Crippen LogP contribution < -0.4 is 4.90 Å². The minimum absolute atomic E-state index is 0.0325. The SMILES string of the molecule is CCN(CCC(=O)O)C(=O)CCN1C(=O)CCc2ccccc21. The zero-order valence-electron chi connectivity index (χ0n) is 13.3. The molecule has 0 bridgehead atoms. The van der Waals surface area contributed by atoms with Gasteiger partial charge in [0.25, 0.3) is 0 Å². The van der Waals surface area contributed by atoms with Gasteiger partial charge in [0.15, 0.2) is 0 Å². The Kier molecular flexibility index (Phi) is 5.73. The molecule has 6 heteroatoms. The number of carbonyl (C=O) groups is 3. The van der Waals surface area contributed by atoms with E-state index >= 15 is 0 Å². The average molecular weight is 318 g/mol. The van der Waals surface area contributed by atoms with Gasteiger partial charge < -0.3 is 14.9 Å². The molecule has 1 aliphatic rings. The van der Waals surface area contributed by atoms with Crippen molar-refractivity contribution in [2.45, 2.75) is 32.6 Å². The molecule has 124 valence electrons. The third-order valence-electron chi connectivity index (χ3n) is 4.07. The standard InChI is InChI=1S/C17H22N2O4/c1-2-18(11-10-17(22)23)15(20)9-12-19-14-6-4-3-5-13(14)7-8-16(19)21/h3-6H,2,7-12H2,1H3,(H,22,23). The molecule has 1 aliphatic heterocycles. The number of carboxylic acids is 1. The number of amides is 2. The first-order chi connectivity index (χ1) is 11.0. The number of para-hydroxylation sites is 1. The summed E-state index contributed by atoms with van der Waals surface area (Å²) in [6, 6.07) is 7.74. The van der Waals surface area contributed by atoms with Gasteiger partial charge >= 0.3 is 5.97 Å². The molecule has 2 rings (SSSR count). The van der Waals surface area contributed by atoms with Gasteiger partial charge in [-0.05, 0) is 25.0 Å². The van der Waals surface area contributed by atoms with Crippen molar-refractivity contribution in [3.63, 3.8) is 0 Å². The van der Waals surface area contributed by atoms with Gasteiger partial charge in [-0.2, -0.15) is 0 Å². The number of carboxylic acid groups (broad SMARTS) is 1. The van der Waals surface area contributed by atoms with Crippen LogP contribution in [-0.4, -0.2) is 47.4 Å². The molecule has 1 aromatic rings. The molecule has 6 nitrogen and oxygen atoms in total. The van der Waals surface area contributed by atoms with E-state index in [9.17, 15) is 14.4 Å². The number of aliphatic carboxylic acids is 1. The fourth-order valence-corrected chi connectivity index (χ4v) is 2.80. The van der Waals surface area contributed by atoms with Crippen molar-refractivity contribution in [3.05, 3.63) is 29.8 Å². The monoisotopic (exact) mass is 318 g/mol. The summed E-state index contributed by atoms with van der Waals surface area (Å²) in [4.78, 5) is 38.2. The highest BCUT2D eigenvalue weighted by Crippen LogP contribution is 2.27. The molecule has 1 heterocycles. The van der Waals surface area contributed by atoms with Gasteiger partial charge in [-0.15, -0.1) is 0 Å². The van der Waals surface area contributed by atoms with Crippen LogP contribution >= 0.6 is 0 Å². The normalized spacial score (nSPS) is 13.6. The zero-order valence-corrected chi connectivity index (χ0v) is 13.3. The molecule has 1 aromatic carbocycles. The summed E-state index contributed by atoms with van der Waals surface area (Å²) in [6.07, 6.45) is 1.33. The highest BCUT2D eigenvalue weighted by molar-refractivity contribution is 5.97. The van der Waals surface area contributed by atoms with Crippen LogP contribution in [0, 0.1) is 0 Å². The molecule has 0 radical (unpaired) electrons. The predicted molar refractivity (Wildman–Crippen MR) is 86.2 cm³/mol. The molecule has 0 spiro atoms. The molecule has 0 saturated carbocycles. The number of benzene rings is 1. The van der Waals surface area contributed by atoms with Gasteiger partial charge in [-0.3, -0.25) is 14.4 Å². The molecule has 0 atom stereocenters. The fraction of sp³-hybridized carbons (Fsp3) is 0.471. The fourth-order valence-electron chi connectivity index (χ4n) is 2.80. The van der Waals surface area contributed by atoms with Gasteiger partial charge in [0.05, 0.1) is 6.42 Å². The van der Waals surface area contributed by atoms with E-state index in [-0.39, 0.29) is 31.2 Å². The molecular weight excluding hydrogens is 296 g/mol. The second-order valence-electron chi connectivity index (χ2n) is 5.54. The first-order valence-corrected chi connectivity index (χ1v) is 7.90. The average Bonchev–Trinajstić information content (AvgIpc) is 2.54. The number of hydrogen-bond donors (Lipinski definition) is 1. The first kappa shape index (κ1) is 17.0. The molecule has 0 fully saturated rings. The van der Waals surface area contributed by atoms with Crippen LogP contribution in [0.1, 0.15) is 31.7 Å². The molecule has 0 aromatic heterocycles. The quantitative estimate of drug-likeness (QED) is 0.829. The lowest BCUT2D eigenvalue weighted by Gasteiger charge is -2.30. The number of aryl methyl sites for hydroxylation is 1. The second-order valence-corrected chi connectivity index (χ2v) is 5.54.